The van der Waals surface area contributed by atoms with Crippen LogP contribution in [0.25, 0.3) is 17.0 Å². The molecular formula is C24H23N5O2S. The van der Waals surface area contributed by atoms with Gasteiger partial charge in [-0.05, 0) is 48.9 Å². The number of rotatable bonds is 5. The molecule has 2 saturated heterocycles. The quantitative estimate of drug-likeness (QED) is 0.473. The van der Waals surface area contributed by atoms with Gasteiger partial charge in [0.2, 0.25) is 11.1 Å². The third-order valence-corrected chi connectivity index (χ3v) is 6.62. The number of anilines is 1. The van der Waals surface area contributed by atoms with E-state index in [1.165, 1.54) is 0 Å². The summed E-state index contributed by atoms with van der Waals surface area (Å²) in [6, 6.07) is 14.4. The van der Waals surface area contributed by atoms with Crippen LogP contribution in [0, 0.1) is 0 Å². The number of nitrogens with zero attached hydrogens (tertiary/aromatic N) is 4. The second-order valence-corrected chi connectivity index (χ2v) is 9.12. The molecule has 0 aliphatic carbocycles. The molecule has 0 radical (unpaired) electrons. The summed E-state index contributed by atoms with van der Waals surface area (Å²) in [4.78, 5) is 39.8. The Morgan fingerprint density at radius 1 is 1.12 bits per heavy atom. The first-order valence-electron chi connectivity index (χ1n) is 10.8. The van der Waals surface area contributed by atoms with Gasteiger partial charge in [-0.1, -0.05) is 24.3 Å². The number of thioether (sulfide) groups is 1. The Labute approximate surface area is 190 Å². The van der Waals surface area contributed by atoms with Crippen LogP contribution in [-0.2, 0) is 16.1 Å². The second-order valence-electron chi connectivity index (χ2n) is 8.03. The average molecular weight is 446 g/mol. The van der Waals surface area contributed by atoms with Gasteiger partial charge in [-0.2, -0.15) is 0 Å². The number of hydrogen-bond donors (Lipinski definition) is 1. The molecule has 8 heteroatoms. The Kier molecular flexibility index (Phi) is 5.96. The number of para-hydroxylation sites is 1. The number of carbonyl (C=O) groups is 2. The van der Waals surface area contributed by atoms with Crippen LogP contribution in [0.3, 0.4) is 0 Å². The second kappa shape index (κ2) is 9.18. The van der Waals surface area contributed by atoms with E-state index in [9.17, 15) is 9.59 Å². The zero-order valence-corrected chi connectivity index (χ0v) is 18.3. The normalized spacial score (nSPS) is 20.4. The fourth-order valence-corrected chi connectivity index (χ4v) is 4.87. The van der Waals surface area contributed by atoms with Crippen LogP contribution in [0.5, 0.6) is 0 Å². The highest BCUT2D eigenvalue weighted by Crippen LogP contribution is 2.30. The molecule has 1 atom stereocenters. The van der Waals surface area contributed by atoms with Crippen molar-refractivity contribution in [2.45, 2.75) is 31.8 Å². The first-order chi connectivity index (χ1) is 15.6. The molecule has 1 N–H and O–H groups in total. The van der Waals surface area contributed by atoms with Gasteiger partial charge in [0.15, 0.2) is 5.78 Å². The van der Waals surface area contributed by atoms with Crippen molar-refractivity contribution in [3.63, 3.8) is 0 Å². The lowest BCUT2D eigenvalue weighted by Gasteiger charge is -2.33. The average Bonchev–Trinajstić information content (AvgIpc) is 3.14. The fourth-order valence-electron chi connectivity index (χ4n) is 4.05. The van der Waals surface area contributed by atoms with Crippen LogP contribution in [0.1, 0.15) is 30.7 Å². The van der Waals surface area contributed by atoms with Gasteiger partial charge in [-0.15, -0.1) is 0 Å². The van der Waals surface area contributed by atoms with Gasteiger partial charge in [0.25, 0.3) is 0 Å². The van der Waals surface area contributed by atoms with Crippen molar-refractivity contribution in [3.05, 3.63) is 65.0 Å². The predicted octanol–water partition coefficient (Wildman–Crippen LogP) is 3.36. The summed E-state index contributed by atoms with van der Waals surface area (Å²) in [5, 5.41) is 4.67. The third-order valence-electron chi connectivity index (χ3n) is 5.68. The number of pyridine rings is 1. The maximum atomic E-state index is 11.9. The van der Waals surface area contributed by atoms with Gasteiger partial charge in [-0.25, -0.2) is 9.97 Å². The van der Waals surface area contributed by atoms with E-state index in [2.05, 4.69) is 38.4 Å². The van der Waals surface area contributed by atoms with Crippen LogP contribution >= 0.6 is 11.8 Å². The van der Waals surface area contributed by atoms with E-state index in [1.807, 2.05) is 18.2 Å². The van der Waals surface area contributed by atoms with E-state index in [4.69, 9.17) is 4.98 Å². The van der Waals surface area contributed by atoms with Gasteiger partial charge in [0.05, 0.1) is 28.2 Å². The van der Waals surface area contributed by atoms with E-state index in [0.29, 0.717) is 29.1 Å². The molecule has 2 aliphatic rings. The number of allylic oxidation sites excluding steroid dienone is 1. The van der Waals surface area contributed by atoms with Crippen LogP contribution in [0.4, 0.5) is 5.95 Å². The molecule has 1 aromatic carbocycles. The minimum Gasteiger partial charge on any atom is -0.339 e. The largest absolute Gasteiger partial charge is 0.339 e. The van der Waals surface area contributed by atoms with Crippen LogP contribution in [0.2, 0.25) is 0 Å². The van der Waals surface area contributed by atoms with E-state index in [1.54, 1.807) is 18.3 Å². The summed E-state index contributed by atoms with van der Waals surface area (Å²) in [5.74, 6) is 0.515. The van der Waals surface area contributed by atoms with Crippen molar-refractivity contribution in [2.75, 3.05) is 18.0 Å². The Morgan fingerprint density at radius 3 is 2.91 bits per heavy atom. The molecule has 0 spiro atoms. The standard InChI is InChI=1S/C24H23N5O2S/c30-21-13-23(31)32-22(21)12-17-9-10-25-24(28-17)29-11-3-5-19(15-29)26-14-18-8-7-16-4-1-2-6-20(16)27-18/h1-2,4,6-10,12,19,26H,3,5,11,13-15H2/b22-12-/t19-/m1/s1. The van der Waals surface area contributed by atoms with Gasteiger partial charge in [0.1, 0.15) is 0 Å². The maximum Gasteiger partial charge on any atom is 0.225 e. The highest BCUT2D eigenvalue weighted by Gasteiger charge is 2.26. The number of piperidine rings is 1. The smallest absolute Gasteiger partial charge is 0.225 e. The summed E-state index contributed by atoms with van der Waals surface area (Å²) in [6.45, 7) is 2.40. The van der Waals surface area contributed by atoms with Crippen molar-refractivity contribution in [2.24, 2.45) is 0 Å². The number of Topliss-reactive ketones (excluding diaryl/α,β-unsaturated/α-hetero) is 1. The topological polar surface area (TPSA) is 88.1 Å². The van der Waals surface area contributed by atoms with Gasteiger partial charge in [0, 0.05) is 37.3 Å². The SMILES string of the molecule is O=C1CC(=O)/C(=C/c2ccnc(N3CCC[C@@H](NCc4ccc5ccccc5n4)C3)n2)S1. The number of benzene rings is 1. The zero-order chi connectivity index (χ0) is 21.9. The van der Waals surface area contributed by atoms with Crippen molar-refractivity contribution >= 4 is 45.6 Å². The molecule has 0 saturated carbocycles. The molecule has 162 valence electrons. The van der Waals surface area contributed by atoms with Crippen LogP contribution < -0.4 is 10.2 Å². The highest BCUT2D eigenvalue weighted by atomic mass is 32.2. The van der Waals surface area contributed by atoms with Gasteiger partial charge in [-0.3, -0.25) is 14.6 Å². The first-order valence-corrected chi connectivity index (χ1v) is 11.6. The maximum absolute atomic E-state index is 11.9. The van der Waals surface area contributed by atoms with Gasteiger partial charge < -0.3 is 10.2 Å². The molecule has 2 aromatic heterocycles. The molecule has 2 fully saturated rings. The van der Waals surface area contributed by atoms with Crippen molar-refractivity contribution in [3.8, 4) is 0 Å². The molecule has 32 heavy (non-hydrogen) atoms. The lowest BCUT2D eigenvalue weighted by atomic mass is 10.1. The molecular weight excluding hydrogens is 422 g/mol. The van der Waals surface area contributed by atoms with E-state index in [0.717, 1.165) is 54.3 Å². The minimum absolute atomic E-state index is 0.0278. The summed E-state index contributed by atoms with van der Waals surface area (Å²) in [6.07, 6.45) is 5.49. The molecule has 2 aliphatic heterocycles. The molecule has 0 bridgehead atoms. The summed E-state index contributed by atoms with van der Waals surface area (Å²) >= 11 is 0.998. The Hall–Kier alpha value is -3.10. The van der Waals surface area contributed by atoms with Crippen LogP contribution in [-0.4, -0.2) is 45.0 Å². The third kappa shape index (κ3) is 4.71. The number of nitrogens with one attached hydrogen (secondary N) is 1. The van der Waals surface area contributed by atoms with E-state index < -0.39 is 0 Å². The summed E-state index contributed by atoms with van der Waals surface area (Å²) in [7, 11) is 0. The predicted molar refractivity (Wildman–Crippen MR) is 126 cm³/mol. The number of carbonyl (C=O) groups excluding carboxylic acids is 2. The molecule has 4 heterocycles. The fraction of sp³-hybridized carbons (Fsp3) is 0.292. The summed E-state index contributed by atoms with van der Waals surface area (Å²) < 4.78 is 0. The summed E-state index contributed by atoms with van der Waals surface area (Å²) in [5.41, 5.74) is 2.69. The van der Waals surface area contributed by atoms with E-state index in [-0.39, 0.29) is 17.3 Å². The Morgan fingerprint density at radius 2 is 2.03 bits per heavy atom. The van der Waals surface area contributed by atoms with E-state index >= 15 is 0 Å². The number of ketones is 1. The van der Waals surface area contributed by atoms with Gasteiger partial charge >= 0.3 is 0 Å². The lowest BCUT2D eigenvalue weighted by Crippen LogP contribution is -2.46. The monoisotopic (exact) mass is 445 g/mol. The van der Waals surface area contributed by atoms with Crippen molar-refractivity contribution in [1.82, 2.24) is 20.3 Å². The lowest BCUT2D eigenvalue weighted by molar-refractivity contribution is -0.119. The zero-order valence-electron chi connectivity index (χ0n) is 17.5. The van der Waals surface area contributed by atoms with Crippen molar-refractivity contribution < 1.29 is 9.59 Å². The first kappa shape index (κ1) is 20.8. The number of fused-ring (bicyclic) bond motifs is 1. The molecule has 5 rings (SSSR count). The number of hydrogen-bond acceptors (Lipinski definition) is 8. The Balaban J connectivity index is 1.24. The number of aromatic nitrogens is 3. The van der Waals surface area contributed by atoms with Crippen LogP contribution in [0.15, 0.2) is 53.6 Å². The molecule has 7 nitrogen and oxygen atoms in total. The Bertz CT molecular complexity index is 1210. The minimum atomic E-state index is -0.135. The molecule has 0 unspecified atom stereocenters. The molecule has 3 aromatic rings. The molecule has 0 amide bonds. The van der Waals surface area contributed by atoms with Crippen molar-refractivity contribution in [1.29, 1.82) is 0 Å². The highest BCUT2D eigenvalue weighted by molar-refractivity contribution is 8.18.